The predicted octanol–water partition coefficient (Wildman–Crippen LogP) is 1.27. The van der Waals surface area contributed by atoms with E-state index in [1.807, 2.05) is 0 Å². The van der Waals surface area contributed by atoms with Crippen molar-refractivity contribution < 1.29 is 14.2 Å². The number of ether oxygens (including phenoxy) is 1. The van der Waals surface area contributed by atoms with Crippen molar-refractivity contribution >= 4 is 0 Å². The fraction of sp³-hybridized carbons (Fsp3) is 0.286. The minimum Gasteiger partial charge on any atom is -0.486 e. The summed E-state index contributed by atoms with van der Waals surface area (Å²) in [4.78, 5) is 0. The number of aryl methyl sites for hydroxylation is 1. The number of benzene rings is 1. The van der Waals surface area contributed by atoms with Gasteiger partial charge in [-0.25, -0.2) is 4.39 Å². The van der Waals surface area contributed by atoms with E-state index in [0.29, 0.717) is 23.4 Å². The molecule has 0 aliphatic rings. The average molecular weight is 275 g/mol. The van der Waals surface area contributed by atoms with Crippen LogP contribution < -0.4 is 4.74 Å². The summed E-state index contributed by atoms with van der Waals surface area (Å²) in [5.74, 6) is 5.61. The predicted molar refractivity (Wildman–Crippen MR) is 70.3 cm³/mol. The topological polar surface area (TPSA) is 60.2 Å². The summed E-state index contributed by atoms with van der Waals surface area (Å²) in [6, 6.07) is 4.13. The van der Waals surface area contributed by atoms with Crippen molar-refractivity contribution in [3.05, 3.63) is 41.5 Å². The summed E-state index contributed by atoms with van der Waals surface area (Å²) < 4.78 is 20.4. The second kappa shape index (κ2) is 6.68. The van der Waals surface area contributed by atoms with Crippen molar-refractivity contribution in [2.24, 2.45) is 7.05 Å². The molecule has 0 radical (unpaired) electrons. The molecule has 0 aliphatic heterocycles. The molecule has 6 heteroatoms. The smallest absolute Gasteiger partial charge is 0.135 e. The highest BCUT2D eigenvalue weighted by Gasteiger charge is 2.05. The van der Waals surface area contributed by atoms with E-state index >= 15 is 0 Å². The van der Waals surface area contributed by atoms with E-state index < -0.39 is 0 Å². The summed E-state index contributed by atoms with van der Waals surface area (Å²) in [5, 5.41) is 16.4. The fourth-order valence-electron chi connectivity index (χ4n) is 1.55. The van der Waals surface area contributed by atoms with Crippen LogP contribution in [0.4, 0.5) is 4.39 Å². The molecule has 0 unspecified atom stereocenters. The fourth-order valence-corrected chi connectivity index (χ4v) is 1.55. The van der Waals surface area contributed by atoms with Gasteiger partial charge in [-0.15, -0.1) is 5.10 Å². The van der Waals surface area contributed by atoms with E-state index in [9.17, 15) is 4.39 Å². The first kappa shape index (κ1) is 14.0. The van der Waals surface area contributed by atoms with Gasteiger partial charge in [-0.05, 0) is 18.2 Å². The quantitative estimate of drug-likeness (QED) is 0.854. The van der Waals surface area contributed by atoms with Crippen molar-refractivity contribution in [2.45, 2.75) is 13.0 Å². The van der Waals surface area contributed by atoms with Gasteiger partial charge in [-0.3, -0.25) is 4.68 Å². The van der Waals surface area contributed by atoms with Crippen molar-refractivity contribution in [3.63, 3.8) is 0 Å². The van der Waals surface area contributed by atoms with Crippen LogP contribution in [0.25, 0.3) is 0 Å². The molecule has 1 aromatic heterocycles. The highest BCUT2D eigenvalue weighted by Crippen LogP contribution is 2.19. The van der Waals surface area contributed by atoms with E-state index in [4.69, 9.17) is 9.84 Å². The lowest BCUT2D eigenvalue weighted by Crippen LogP contribution is -1.98. The van der Waals surface area contributed by atoms with Gasteiger partial charge in [0.1, 0.15) is 23.9 Å². The highest BCUT2D eigenvalue weighted by atomic mass is 19.1. The Morgan fingerprint density at radius 1 is 1.45 bits per heavy atom. The molecule has 0 amide bonds. The summed E-state index contributed by atoms with van der Waals surface area (Å²) in [7, 11) is 1.76. The van der Waals surface area contributed by atoms with Crippen LogP contribution in [0.2, 0.25) is 0 Å². The molecule has 1 heterocycles. The van der Waals surface area contributed by atoms with Crippen LogP contribution in [0.1, 0.15) is 17.7 Å². The lowest BCUT2D eigenvalue weighted by molar-refractivity contribution is 0.299. The van der Waals surface area contributed by atoms with Crippen molar-refractivity contribution in [1.29, 1.82) is 0 Å². The molecule has 1 aromatic carbocycles. The molecule has 0 saturated heterocycles. The van der Waals surface area contributed by atoms with Gasteiger partial charge in [-0.1, -0.05) is 17.1 Å². The molecule has 0 bridgehead atoms. The third-order valence-electron chi connectivity index (χ3n) is 2.43. The number of halogens is 1. The second-order valence-electron chi connectivity index (χ2n) is 4.09. The Labute approximate surface area is 116 Å². The molecular weight excluding hydrogens is 261 g/mol. The molecule has 0 aliphatic carbocycles. The Hall–Kier alpha value is -2.39. The van der Waals surface area contributed by atoms with Crippen molar-refractivity contribution in [2.75, 3.05) is 6.61 Å². The van der Waals surface area contributed by atoms with Gasteiger partial charge in [0, 0.05) is 13.5 Å². The van der Waals surface area contributed by atoms with Gasteiger partial charge in [0.25, 0.3) is 0 Å². The van der Waals surface area contributed by atoms with Crippen LogP contribution in [0.5, 0.6) is 5.75 Å². The van der Waals surface area contributed by atoms with E-state index in [-0.39, 0.29) is 19.0 Å². The van der Waals surface area contributed by atoms with Crippen LogP contribution in [0, 0.1) is 17.7 Å². The molecular formula is C14H14FN3O2. The van der Waals surface area contributed by atoms with Gasteiger partial charge in [-0.2, -0.15) is 0 Å². The molecule has 2 rings (SSSR count). The van der Waals surface area contributed by atoms with E-state index in [2.05, 4.69) is 22.2 Å². The minimum atomic E-state index is -0.384. The van der Waals surface area contributed by atoms with Gasteiger partial charge >= 0.3 is 0 Å². The number of aliphatic hydroxyl groups is 1. The highest BCUT2D eigenvalue weighted by molar-refractivity contribution is 5.46. The Kier molecular flexibility index (Phi) is 4.69. The molecule has 2 aromatic rings. The minimum absolute atomic E-state index is 0.0297. The molecule has 0 fully saturated rings. The zero-order valence-electron chi connectivity index (χ0n) is 11.0. The molecule has 0 saturated carbocycles. The Bertz CT molecular complexity index is 643. The standard InChI is InChI=1S/C14H14FN3O2/c1-18-9-13(16-17-18)10-20-14-6-5-12(15)8-11(14)4-2-3-7-19/h5-6,8-9,19H,3,7,10H2,1H3. The SMILES string of the molecule is Cn1cc(COc2ccc(F)cc2C#CCCO)nn1. The normalized spacial score (nSPS) is 9.95. The van der Waals surface area contributed by atoms with Crippen LogP contribution in [0.3, 0.4) is 0 Å². The first-order valence-electron chi connectivity index (χ1n) is 6.06. The molecule has 1 N–H and O–H groups in total. The zero-order valence-corrected chi connectivity index (χ0v) is 11.0. The van der Waals surface area contributed by atoms with Crippen molar-refractivity contribution in [1.82, 2.24) is 15.0 Å². The number of rotatable bonds is 4. The number of nitrogens with zero attached hydrogens (tertiary/aromatic N) is 3. The van der Waals surface area contributed by atoms with Crippen LogP contribution in [-0.2, 0) is 13.7 Å². The lowest BCUT2D eigenvalue weighted by Gasteiger charge is -2.06. The van der Waals surface area contributed by atoms with Crippen molar-refractivity contribution in [3.8, 4) is 17.6 Å². The first-order chi connectivity index (χ1) is 9.69. The Morgan fingerprint density at radius 2 is 2.30 bits per heavy atom. The Balaban J connectivity index is 2.12. The Morgan fingerprint density at radius 3 is 3.00 bits per heavy atom. The summed E-state index contributed by atoms with van der Waals surface area (Å²) in [6.45, 7) is 0.201. The largest absolute Gasteiger partial charge is 0.486 e. The van der Waals surface area contributed by atoms with Gasteiger partial charge in [0.05, 0.1) is 18.4 Å². The molecule has 0 atom stereocenters. The van der Waals surface area contributed by atoms with Crippen LogP contribution in [-0.4, -0.2) is 26.7 Å². The number of aromatic nitrogens is 3. The monoisotopic (exact) mass is 275 g/mol. The number of hydrogen-bond donors (Lipinski definition) is 1. The summed E-state index contributed by atoms with van der Waals surface area (Å²) in [5.41, 5.74) is 1.12. The third kappa shape index (κ3) is 3.80. The summed E-state index contributed by atoms with van der Waals surface area (Å²) >= 11 is 0. The van der Waals surface area contributed by atoms with E-state index in [1.165, 1.54) is 18.2 Å². The van der Waals surface area contributed by atoms with Crippen LogP contribution >= 0.6 is 0 Å². The summed E-state index contributed by atoms with van der Waals surface area (Å²) in [6.07, 6.45) is 2.07. The number of aliphatic hydroxyl groups excluding tert-OH is 1. The maximum absolute atomic E-state index is 13.2. The van der Waals surface area contributed by atoms with Crippen LogP contribution in [0.15, 0.2) is 24.4 Å². The molecule has 20 heavy (non-hydrogen) atoms. The first-order valence-corrected chi connectivity index (χ1v) is 6.06. The van der Waals surface area contributed by atoms with E-state index in [0.717, 1.165) is 0 Å². The maximum Gasteiger partial charge on any atom is 0.135 e. The molecule has 5 nitrogen and oxygen atoms in total. The van der Waals surface area contributed by atoms with E-state index in [1.54, 1.807) is 17.9 Å². The van der Waals surface area contributed by atoms with Gasteiger partial charge in [0.2, 0.25) is 0 Å². The second-order valence-corrected chi connectivity index (χ2v) is 4.09. The van der Waals surface area contributed by atoms with Gasteiger partial charge in [0.15, 0.2) is 0 Å². The lowest BCUT2D eigenvalue weighted by atomic mass is 10.2. The van der Waals surface area contributed by atoms with Gasteiger partial charge < -0.3 is 9.84 Å². The third-order valence-corrected chi connectivity index (χ3v) is 2.43. The molecule has 0 spiro atoms. The number of hydrogen-bond acceptors (Lipinski definition) is 4. The maximum atomic E-state index is 13.2. The zero-order chi connectivity index (χ0) is 14.4. The molecule has 104 valence electrons. The average Bonchev–Trinajstić information content (AvgIpc) is 2.84.